The predicted molar refractivity (Wildman–Crippen MR) is 40.2 cm³/mol. The molecule has 0 amide bonds. The van der Waals surface area contributed by atoms with Crippen LogP contribution in [0.25, 0.3) is 0 Å². The van der Waals surface area contributed by atoms with Crippen molar-refractivity contribution in [3.63, 3.8) is 0 Å². The van der Waals surface area contributed by atoms with Crippen molar-refractivity contribution in [3.8, 4) is 0 Å². The molecule has 1 rings (SSSR count). The van der Waals surface area contributed by atoms with E-state index in [1.54, 1.807) is 20.8 Å². The molecule has 5 heteroatoms. The molecule has 0 unspecified atom stereocenters. The monoisotopic (exact) mass is 193 g/mol. The Morgan fingerprint density at radius 3 is 2.00 bits per heavy atom. The van der Waals surface area contributed by atoms with Gasteiger partial charge in [0.1, 0.15) is 0 Å². The Balaban J connectivity index is 3.01. The minimum Gasteiger partial charge on any atom is -0.351 e. The first-order valence-corrected chi connectivity index (χ1v) is 3.75. The van der Waals surface area contributed by atoms with Crippen LogP contribution in [-0.2, 0) is 11.6 Å². The molecule has 0 saturated carbocycles. The third kappa shape index (κ3) is 2.23. The fourth-order valence-electron chi connectivity index (χ4n) is 0.762. The van der Waals surface area contributed by atoms with Gasteiger partial charge in [0, 0.05) is 11.5 Å². The summed E-state index contributed by atoms with van der Waals surface area (Å²) < 4.78 is 40.3. The lowest BCUT2D eigenvalue weighted by Gasteiger charge is -2.12. The van der Waals surface area contributed by atoms with Crippen molar-refractivity contribution >= 4 is 0 Å². The van der Waals surface area contributed by atoms with Crippen molar-refractivity contribution in [2.75, 3.05) is 0 Å². The van der Waals surface area contributed by atoms with E-state index in [1.807, 2.05) is 0 Å². The minimum absolute atomic E-state index is 0.305. The maximum atomic E-state index is 12.1. The van der Waals surface area contributed by atoms with Gasteiger partial charge in [-0.05, 0) is 0 Å². The second kappa shape index (κ2) is 2.75. The summed E-state index contributed by atoms with van der Waals surface area (Å²) in [4.78, 5) is 0. The van der Waals surface area contributed by atoms with E-state index in [9.17, 15) is 13.2 Å². The molecule has 0 radical (unpaired) electrons. The van der Waals surface area contributed by atoms with Crippen LogP contribution in [0.1, 0.15) is 32.2 Å². The van der Waals surface area contributed by atoms with Crippen molar-refractivity contribution in [2.45, 2.75) is 32.4 Å². The first kappa shape index (κ1) is 10.1. The molecule has 0 atom stereocenters. The Bertz CT molecular complexity index is 267. The summed E-state index contributed by atoms with van der Waals surface area (Å²) in [5, 5.41) is 3.36. The molecule has 0 N–H and O–H groups in total. The van der Waals surface area contributed by atoms with Crippen LogP contribution in [0.5, 0.6) is 0 Å². The van der Waals surface area contributed by atoms with Gasteiger partial charge >= 0.3 is 6.18 Å². The molecule has 0 spiro atoms. The van der Waals surface area contributed by atoms with Crippen molar-refractivity contribution in [1.82, 2.24) is 5.16 Å². The number of hydrogen-bond acceptors (Lipinski definition) is 2. The van der Waals surface area contributed by atoms with Gasteiger partial charge in [-0.25, -0.2) is 0 Å². The van der Waals surface area contributed by atoms with Crippen LogP contribution in [-0.4, -0.2) is 5.16 Å². The summed E-state index contributed by atoms with van der Waals surface area (Å²) in [5.41, 5.74) is -0.118. The van der Waals surface area contributed by atoms with Crippen LogP contribution in [0.15, 0.2) is 10.6 Å². The predicted octanol–water partition coefficient (Wildman–Crippen LogP) is 2.99. The van der Waals surface area contributed by atoms with Crippen molar-refractivity contribution in [1.29, 1.82) is 0 Å². The Morgan fingerprint density at radius 1 is 1.23 bits per heavy atom. The summed E-state index contributed by atoms with van der Waals surface area (Å²) in [6.07, 6.45) is -4.45. The van der Waals surface area contributed by atoms with Crippen LogP contribution in [0.4, 0.5) is 13.2 Å². The Morgan fingerprint density at radius 2 is 1.77 bits per heavy atom. The number of aromatic nitrogens is 1. The lowest BCUT2D eigenvalue weighted by molar-refractivity contribution is -0.155. The maximum Gasteiger partial charge on any atom is 0.452 e. The van der Waals surface area contributed by atoms with E-state index in [2.05, 4.69) is 9.68 Å². The summed E-state index contributed by atoms with van der Waals surface area (Å²) in [6.45, 7) is 5.31. The quantitative estimate of drug-likeness (QED) is 0.633. The fourth-order valence-corrected chi connectivity index (χ4v) is 0.762. The van der Waals surface area contributed by atoms with Gasteiger partial charge in [0.2, 0.25) is 5.76 Å². The minimum atomic E-state index is -4.45. The second-order valence-corrected chi connectivity index (χ2v) is 3.82. The van der Waals surface area contributed by atoms with Crippen LogP contribution >= 0.6 is 0 Å². The lowest BCUT2D eigenvalue weighted by atomic mass is 9.92. The van der Waals surface area contributed by atoms with E-state index in [0.29, 0.717) is 5.69 Å². The van der Waals surface area contributed by atoms with Crippen LogP contribution < -0.4 is 0 Å². The SMILES string of the molecule is CC(C)(C)c1cc(C(F)(F)F)on1. The molecule has 0 bridgehead atoms. The van der Waals surface area contributed by atoms with Crippen LogP contribution in [0.2, 0.25) is 0 Å². The summed E-state index contributed by atoms with van der Waals surface area (Å²) in [6, 6.07) is 0.931. The topological polar surface area (TPSA) is 26.0 Å². The smallest absolute Gasteiger partial charge is 0.351 e. The zero-order chi connectivity index (χ0) is 10.3. The Labute approximate surface area is 73.7 Å². The molecule has 0 aliphatic rings. The van der Waals surface area contributed by atoms with Gasteiger partial charge in [0.15, 0.2) is 0 Å². The standard InChI is InChI=1S/C8H10F3NO/c1-7(2,3)5-4-6(13-12-5)8(9,10)11/h4H,1-3H3. The highest BCUT2D eigenvalue weighted by molar-refractivity contribution is 5.15. The van der Waals surface area contributed by atoms with Gasteiger partial charge in [0.05, 0.1) is 5.69 Å². The molecule has 0 aliphatic heterocycles. The first-order chi connectivity index (χ1) is 5.71. The molecule has 1 aromatic rings. The fraction of sp³-hybridized carbons (Fsp3) is 0.625. The van der Waals surface area contributed by atoms with Gasteiger partial charge in [-0.2, -0.15) is 13.2 Å². The summed E-state index contributed by atoms with van der Waals surface area (Å²) >= 11 is 0. The highest BCUT2D eigenvalue weighted by atomic mass is 19.4. The van der Waals surface area contributed by atoms with Crippen molar-refractivity contribution in [2.24, 2.45) is 0 Å². The van der Waals surface area contributed by atoms with Gasteiger partial charge in [-0.15, -0.1) is 0 Å². The normalized spacial score (nSPS) is 13.4. The third-order valence-corrected chi connectivity index (χ3v) is 1.56. The number of rotatable bonds is 0. The molecule has 74 valence electrons. The highest BCUT2D eigenvalue weighted by Gasteiger charge is 2.37. The molecule has 0 aromatic carbocycles. The molecule has 0 fully saturated rings. The number of hydrogen-bond donors (Lipinski definition) is 0. The van der Waals surface area contributed by atoms with Gasteiger partial charge < -0.3 is 4.52 Å². The molecule has 13 heavy (non-hydrogen) atoms. The first-order valence-electron chi connectivity index (χ1n) is 3.75. The summed E-state index contributed by atoms with van der Waals surface area (Å²) in [5.74, 6) is -1.04. The zero-order valence-electron chi connectivity index (χ0n) is 7.57. The second-order valence-electron chi connectivity index (χ2n) is 3.82. The van der Waals surface area contributed by atoms with Gasteiger partial charge in [0.25, 0.3) is 0 Å². The van der Waals surface area contributed by atoms with E-state index in [4.69, 9.17) is 0 Å². The number of alkyl halides is 3. The van der Waals surface area contributed by atoms with Gasteiger partial charge in [-0.3, -0.25) is 0 Å². The number of halogens is 3. The largest absolute Gasteiger partial charge is 0.452 e. The lowest BCUT2D eigenvalue weighted by Crippen LogP contribution is -2.11. The van der Waals surface area contributed by atoms with Crippen LogP contribution in [0, 0.1) is 0 Å². The molecule has 1 aromatic heterocycles. The highest BCUT2D eigenvalue weighted by Crippen LogP contribution is 2.32. The maximum absolute atomic E-state index is 12.1. The van der Waals surface area contributed by atoms with Crippen LogP contribution in [0.3, 0.4) is 0 Å². The average molecular weight is 193 g/mol. The van der Waals surface area contributed by atoms with E-state index in [-0.39, 0.29) is 0 Å². The van der Waals surface area contributed by atoms with Crippen molar-refractivity contribution < 1.29 is 17.7 Å². The molecular weight excluding hydrogens is 183 g/mol. The van der Waals surface area contributed by atoms with Gasteiger partial charge in [-0.1, -0.05) is 25.9 Å². The van der Waals surface area contributed by atoms with Crippen molar-refractivity contribution in [3.05, 3.63) is 17.5 Å². The van der Waals surface area contributed by atoms with E-state index in [1.165, 1.54) is 0 Å². The average Bonchev–Trinajstić information content (AvgIpc) is 2.28. The molecular formula is C8H10F3NO. The molecule has 0 saturated heterocycles. The molecule has 1 heterocycles. The van der Waals surface area contributed by atoms with E-state index in [0.717, 1.165) is 6.07 Å². The van der Waals surface area contributed by atoms with E-state index < -0.39 is 17.4 Å². The Hall–Kier alpha value is -1.00. The summed E-state index contributed by atoms with van der Waals surface area (Å²) in [7, 11) is 0. The zero-order valence-corrected chi connectivity index (χ0v) is 7.57. The number of nitrogens with zero attached hydrogens (tertiary/aromatic N) is 1. The molecule has 0 aliphatic carbocycles. The molecule has 2 nitrogen and oxygen atoms in total. The third-order valence-electron chi connectivity index (χ3n) is 1.56. The Kier molecular flexibility index (Phi) is 2.13. The van der Waals surface area contributed by atoms with E-state index >= 15 is 0 Å².